The van der Waals surface area contributed by atoms with E-state index < -0.39 is 21.4 Å². The van der Waals surface area contributed by atoms with Crippen LogP contribution < -0.4 is 4.72 Å². The van der Waals surface area contributed by atoms with E-state index in [2.05, 4.69) is 20.7 Å². The lowest BCUT2D eigenvalue weighted by atomic mass is 10.1. The number of benzene rings is 1. The standard InChI is InChI=1S/C11H12BrNO4S/c12-8-3-1-2-4-9(8)18(16,17)13-7-11(5-6-11)10(14)15/h1-4,13H,5-7H2,(H,14,15). The number of hydrogen-bond donors (Lipinski definition) is 2. The third-order valence-electron chi connectivity index (χ3n) is 3.03. The number of carboxylic acid groups (broad SMARTS) is 1. The van der Waals surface area contributed by atoms with Gasteiger partial charge < -0.3 is 5.11 Å². The Kier molecular flexibility index (Phi) is 3.48. The molecule has 0 amide bonds. The molecule has 2 rings (SSSR count). The Bertz CT molecular complexity index is 580. The van der Waals surface area contributed by atoms with Gasteiger partial charge in [-0.25, -0.2) is 13.1 Å². The van der Waals surface area contributed by atoms with Crippen molar-refractivity contribution < 1.29 is 18.3 Å². The molecular weight excluding hydrogens is 322 g/mol. The van der Waals surface area contributed by atoms with E-state index in [0.717, 1.165) is 0 Å². The van der Waals surface area contributed by atoms with Gasteiger partial charge in [-0.05, 0) is 40.9 Å². The Labute approximate surface area is 113 Å². The second kappa shape index (κ2) is 4.64. The Hall–Kier alpha value is -0.920. The van der Waals surface area contributed by atoms with E-state index in [1.807, 2.05) is 0 Å². The normalized spacial score (nSPS) is 17.4. The third-order valence-corrected chi connectivity index (χ3v) is 5.45. The highest BCUT2D eigenvalue weighted by atomic mass is 79.9. The summed E-state index contributed by atoms with van der Waals surface area (Å²) in [6.07, 6.45) is 1.03. The van der Waals surface area contributed by atoms with E-state index >= 15 is 0 Å². The number of rotatable bonds is 5. The predicted octanol–water partition coefficient (Wildman–Crippen LogP) is 1.59. The van der Waals surface area contributed by atoms with Crippen molar-refractivity contribution in [2.24, 2.45) is 5.41 Å². The zero-order valence-electron chi connectivity index (χ0n) is 9.39. The van der Waals surface area contributed by atoms with E-state index in [4.69, 9.17) is 5.11 Å². The molecule has 0 unspecified atom stereocenters. The number of sulfonamides is 1. The van der Waals surface area contributed by atoms with Gasteiger partial charge in [0.15, 0.2) is 0 Å². The molecule has 18 heavy (non-hydrogen) atoms. The average Bonchev–Trinajstić information content (AvgIpc) is 3.08. The van der Waals surface area contributed by atoms with Crippen LogP contribution in [0.5, 0.6) is 0 Å². The van der Waals surface area contributed by atoms with Gasteiger partial charge in [-0.1, -0.05) is 12.1 Å². The summed E-state index contributed by atoms with van der Waals surface area (Å²) >= 11 is 3.16. The lowest BCUT2D eigenvalue weighted by molar-refractivity contribution is -0.143. The molecule has 0 radical (unpaired) electrons. The summed E-state index contributed by atoms with van der Waals surface area (Å²) in [6, 6.07) is 6.41. The minimum atomic E-state index is -3.68. The van der Waals surface area contributed by atoms with E-state index in [0.29, 0.717) is 17.3 Å². The first kappa shape index (κ1) is 13.5. The molecule has 1 saturated carbocycles. The van der Waals surface area contributed by atoms with Crippen LogP contribution in [0, 0.1) is 5.41 Å². The van der Waals surface area contributed by atoms with Crippen molar-refractivity contribution in [2.75, 3.05) is 6.54 Å². The van der Waals surface area contributed by atoms with Gasteiger partial charge in [-0.2, -0.15) is 0 Å². The summed E-state index contributed by atoms with van der Waals surface area (Å²) in [6.45, 7) is -0.0635. The van der Waals surface area contributed by atoms with Crippen LogP contribution in [0.4, 0.5) is 0 Å². The van der Waals surface area contributed by atoms with Crippen LogP contribution in [0.2, 0.25) is 0 Å². The van der Waals surface area contributed by atoms with Gasteiger partial charge in [0, 0.05) is 11.0 Å². The fourth-order valence-corrected chi connectivity index (χ4v) is 3.72. The molecule has 1 aliphatic rings. The van der Waals surface area contributed by atoms with Gasteiger partial charge in [0.1, 0.15) is 0 Å². The largest absolute Gasteiger partial charge is 0.481 e. The summed E-state index contributed by atoms with van der Waals surface area (Å²) in [5.74, 6) is -0.947. The van der Waals surface area contributed by atoms with Gasteiger partial charge in [-0.15, -0.1) is 0 Å². The maximum absolute atomic E-state index is 12.0. The van der Waals surface area contributed by atoms with Crippen molar-refractivity contribution >= 4 is 31.9 Å². The molecular formula is C11H12BrNO4S. The molecule has 0 heterocycles. The van der Waals surface area contributed by atoms with E-state index in [1.165, 1.54) is 6.07 Å². The van der Waals surface area contributed by atoms with Crippen LogP contribution in [0.3, 0.4) is 0 Å². The summed E-state index contributed by atoms with van der Waals surface area (Å²) < 4.78 is 26.8. The third kappa shape index (κ3) is 2.57. The number of carbonyl (C=O) groups is 1. The van der Waals surface area contributed by atoms with Crippen LogP contribution in [-0.4, -0.2) is 26.0 Å². The quantitative estimate of drug-likeness (QED) is 0.857. The Morgan fingerprint density at radius 2 is 2.00 bits per heavy atom. The SMILES string of the molecule is O=C(O)C1(CNS(=O)(=O)c2ccccc2Br)CC1. The molecule has 1 aliphatic carbocycles. The molecule has 1 fully saturated rings. The molecule has 1 aromatic carbocycles. The summed E-state index contributed by atoms with van der Waals surface area (Å²) in [5, 5.41) is 8.98. The van der Waals surface area contributed by atoms with Crippen molar-refractivity contribution in [3.63, 3.8) is 0 Å². The van der Waals surface area contributed by atoms with Gasteiger partial charge >= 0.3 is 5.97 Å². The van der Waals surface area contributed by atoms with Crippen LogP contribution in [0.1, 0.15) is 12.8 Å². The smallest absolute Gasteiger partial charge is 0.310 e. The molecule has 0 aromatic heterocycles. The molecule has 98 valence electrons. The van der Waals surface area contributed by atoms with Crippen molar-refractivity contribution in [3.05, 3.63) is 28.7 Å². The van der Waals surface area contributed by atoms with E-state index in [-0.39, 0.29) is 11.4 Å². The number of halogens is 1. The second-order valence-electron chi connectivity index (χ2n) is 4.34. The molecule has 0 saturated heterocycles. The first-order chi connectivity index (χ1) is 8.37. The Balaban J connectivity index is 2.14. The molecule has 5 nitrogen and oxygen atoms in total. The molecule has 7 heteroatoms. The van der Waals surface area contributed by atoms with Crippen molar-refractivity contribution in [3.8, 4) is 0 Å². The summed E-state index contributed by atoms with van der Waals surface area (Å²) in [7, 11) is -3.68. The van der Waals surface area contributed by atoms with Gasteiger partial charge in [0.2, 0.25) is 10.0 Å². The predicted molar refractivity (Wildman–Crippen MR) is 68.6 cm³/mol. The zero-order chi connectivity index (χ0) is 13.4. The lowest BCUT2D eigenvalue weighted by Crippen LogP contribution is -2.34. The zero-order valence-corrected chi connectivity index (χ0v) is 11.8. The van der Waals surface area contributed by atoms with E-state index in [1.54, 1.807) is 18.2 Å². The van der Waals surface area contributed by atoms with Gasteiger partial charge in [-0.3, -0.25) is 4.79 Å². The molecule has 2 N–H and O–H groups in total. The first-order valence-electron chi connectivity index (χ1n) is 5.35. The summed E-state index contributed by atoms with van der Waals surface area (Å²) in [4.78, 5) is 11.1. The minimum Gasteiger partial charge on any atom is -0.481 e. The maximum atomic E-state index is 12.0. The highest BCUT2D eigenvalue weighted by molar-refractivity contribution is 9.10. The minimum absolute atomic E-state index is 0.0635. The van der Waals surface area contributed by atoms with Crippen LogP contribution in [-0.2, 0) is 14.8 Å². The number of nitrogens with one attached hydrogen (secondary N) is 1. The highest BCUT2D eigenvalue weighted by Gasteiger charge is 2.50. The Morgan fingerprint density at radius 3 is 2.50 bits per heavy atom. The average molecular weight is 334 g/mol. The number of hydrogen-bond acceptors (Lipinski definition) is 3. The maximum Gasteiger partial charge on any atom is 0.310 e. The van der Waals surface area contributed by atoms with Gasteiger partial charge in [0.05, 0.1) is 10.3 Å². The molecule has 0 spiro atoms. The number of aliphatic carboxylic acids is 1. The molecule has 0 bridgehead atoms. The highest BCUT2D eigenvalue weighted by Crippen LogP contribution is 2.45. The number of carboxylic acids is 1. The fraction of sp³-hybridized carbons (Fsp3) is 0.364. The first-order valence-corrected chi connectivity index (χ1v) is 7.63. The lowest BCUT2D eigenvalue weighted by Gasteiger charge is -2.12. The monoisotopic (exact) mass is 333 g/mol. The van der Waals surface area contributed by atoms with Gasteiger partial charge in [0.25, 0.3) is 0 Å². The molecule has 0 aliphatic heterocycles. The fourth-order valence-electron chi connectivity index (χ4n) is 1.59. The molecule has 0 atom stereocenters. The van der Waals surface area contributed by atoms with Crippen molar-refractivity contribution in [1.82, 2.24) is 4.72 Å². The molecule has 1 aromatic rings. The second-order valence-corrected chi connectivity index (χ2v) is 6.93. The van der Waals surface area contributed by atoms with Crippen LogP contribution >= 0.6 is 15.9 Å². The summed E-state index contributed by atoms with van der Waals surface area (Å²) in [5.41, 5.74) is -0.908. The van der Waals surface area contributed by atoms with Crippen LogP contribution in [0.25, 0.3) is 0 Å². The van der Waals surface area contributed by atoms with Crippen molar-refractivity contribution in [2.45, 2.75) is 17.7 Å². The van der Waals surface area contributed by atoms with Crippen LogP contribution in [0.15, 0.2) is 33.6 Å². The topological polar surface area (TPSA) is 83.5 Å². The van der Waals surface area contributed by atoms with Crippen molar-refractivity contribution in [1.29, 1.82) is 0 Å². The van der Waals surface area contributed by atoms with E-state index in [9.17, 15) is 13.2 Å². The Morgan fingerprint density at radius 1 is 1.39 bits per heavy atom.